The Hall–Kier alpha value is -2.43. The minimum Gasteiger partial charge on any atom is -0.396 e. The van der Waals surface area contributed by atoms with Crippen LogP contribution >= 0.6 is 0 Å². The summed E-state index contributed by atoms with van der Waals surface area (Å²) in [4.78, 5) is 13.6. The fourth-order valence-electron chi connectivity index (χ4n) is 1.98. The molecule has 0 heterocycles. The maximum absolute atomic E-state index is 13.7. The number of amides is 1. The van der Waals surface area contributed by atoms with Gasteiger partial charge in [0.25, 0.3) is 5.91 Å². The third kappa shape index (κ3) is 3.02. The van der Waals surface area contributed by atoms with E-state index < -0.39 is 17.5 Å². The summed E-state index contributed by atoms with van der Waals surface area (Å²) in [6, 6.07) is 8.99. The number of carbonyl (C=O) groups is 1. The normalized spacial score (nSPS) is 10.5. The van der Waals surface area contributed by atoms with Crippen molar-refractivity contribution in [1.29, 1.82) is 0 Å². The fourth-order valence-corrected chi connectivity index (χ4v) is 1.98. The highest BCUT2D eigenvalue weighted by Gasteiger charge is 2.19. The monoisotopic (exact) mass is 290 g/mol. The predicted molar refractivity (Wildman–Crippen MR) is 79.3 cm³/mol. The molecule has 0 aliphatic carbocycles. The lowest BCUT2D eigenvalue weighted by atomic mass is 10.1. The van der Waals surface area contributed by atoms with E-state index in [0.29, 0.717) is 11.8 Å². The second-order valence-electron chi connectivity index (χ2n) is 4.74. The van der Waals surface area contributed by atoms with Crippen molar-refractivity contribution in [1.82, 2.24) is 0 Å². The van der Waals surface area contributed by atoms with E-state index in [2.05, 4.69) is 0 Å². The largest absolute Gasteiger partial charge is 0.396 e. The van der Waals surface area contributed by atoms with E-state index in [-0.39, 0.29) is 11.3 Å². The van der Waals surface area contributed by atoms with Crippen LogP contribution in [0.2, 0.25) is 0 Å². The lowest BCUT2D eigenvalue weighted by Gasteiger charge is -2.18. The van der Waals surface area contributed by atoms with Crippen molar-refractivity contribution in [3.05, 3.63) is 59.2 Å². The molecule has 0 unspecified atom stereocenters. The first-order valence-electron chi connectivity index (χ1n) is 6.55. The van der Waals surface area contributed by atoms with Gasteiger partial charge in [0.2, 0.25) is 0 Å². The molecule has 110 valence electrons. The van der Waals surface area contributed by atoms with E-state index in [9.17, 15) is 13.6 Å². The summed E-state index contributed by atoms with van der Waals surface area (Å²) in [5, 5.41) is 0. The SMILES string of the molecule is CCc1ccc(N(C)C(=O)c2cc(N)c(F)cc2F)cc1. The zero-order valence-corrected chi connectivity index (χ0v) is 11.9. The lowest BCUT2D eigenvalue weighted by Crippen LogP contribution is -2.27. The van der Waals surface area contributed by atoms with E-state index in [1.807, 2.05) is 19.1 Å². The number of benzene rings is 2. The summed E-state index contributed by atoms with van der Waals surface area (Å²) < 4.78 is 26.9. The van der Waals surface area contributed by atoms with Crippen LogP contribution in [0.5, 0.6) is 0 Å². The Kier molecular flexibility index (Phi) is 4.21. The lowest BCUT2D eigenvalue weighted by molar-refractivity contribution is 0.0989. The Labute approximate surface area is 122 Å². The van der Waals surface area contributed by atoms with E-state index in [1.165, 1.54) is 11.9 Å². The molecule has 0 saturated heterocycles. The van der Waals surface area contributed by atoms with Crippen molar-refractivity contribution >= 4 is 17.3 Å². The number of halogens is 2. The molecule has 0 atom stereocenters. The summed E-state index contributed by atoms with van der Waals surface area (Å²) in [7, 11) is 1.53. The number of carbonyl (C=O) groups excluding carboxylic acids is 1. The number of hydrogen-bond donors (Lipinski definition) is 1. The smallest absolute Gasteiger partial charge is 0.261 e. The first kappa shape index (κ1) is 15.0. The minimum atomic E-state index is -0.927. The molecule has 0 aliphatic heterocycles. The number of nitrogen functional groups attached to an aromatic ring is 1. The van der Waals surface area contributed by atoms with Crippen molar-refractivity contribution in [3.8, 4) is 0 Å². The summed E-state index contributed by atoms with van der Waals surface area (Å²) in [6.45, 7) is 2.03. The van der Waals surface area contributed by atoms with Gasteiger partial charge in [-0.3, -0.25) is 4.79 Å². The van der Waals surface area contributed by atoms with Crippen LogP contribution in [-0.4, -0.2) is 13.0 Å². The van der Waals surface area contributed by atoms with E-state index in [0.717, 1.165) is 18.1 Å². The van der Waals surface area contributed by atoms with Crippen LogP contribution in [0.15, 0.2) is 36.4 Å². The van der Waals surface area contributed by atoms with E-state index in [4.69, 9.17) is 5.73 Å². The molecular formula is C16H16F2N2O. The zero-order valence-electron chi connectivity index (χ0n) is 11.9. The van der Waals surface area contributed by atoms with E-state index in [1.54, 1.807) is 12.1 Å². The van der Waals surface area contributed by atoms with E-state index >= 15 is 0 Å². The van der Waals surface area contributed by atoms with Gasteiger partial charge in [-0.2, -0.15) is 0 Å². The molecule has 2 aromatic carbocycles. The van der Waals surface area contributed by atoms with Gasteiger partial charge in [-0.05, 0) is 30.2 Å². The van der Waals surface area contributed by atoms with Crippen molar-refractivity contribution in [2.45, 2.75) is 13.3 Å². The highest BCUT2D eigenvalue weighted by atomic mass is 19.1. The molecule has 0 aliphatic rings. The molecule has 0 saturated carbocycles. The number of nitrogens with two attached hydrogens (primary N) is 1. The molecule has 3 nitrogen and oxygen atoms in total. The highest BCUT2D eigenvalue weighted by molar-refractivity contribution is 6.06. The first-order valence-corrected chi connectivity index (χ1v) is 6.55. The van der Waals surface area contributed by atoms with Gasteiger partial charge >= 0.3 is 0 Å². The quantitative estimate of drug-likeness (QED) is 0.881. The number of rotatable bonds is 3. The molecular weight excluding hydrogens is 274 g/mol. The molecule has 0 spiro atoms. The summed E-state index contributed by atoms with van der Waals surface area (Å²) in [5.74, 6) is -2.38. The molecule has 2 rings (SSSR count). The van der Waals surface area contributed by atoms with Crippen LogP contribution in [0.1, 0.15) is 22.8 Å². The molecule has 21 heavy (non-hydrogen) atoms. The maximum Gasteiger partial charge on any atom is 0.261 e. The van der Waals surface area contributed by atoms with Gasteiger partial charge < -0.3 is 10.6 Å². The Morgan fingerprint density at radius 1 is 1.14 bits per heavy atom. The van der Waals surface area contributed by atoms with Gasteiger partial charge in [-0.25, -0.2) is 8.78 Å². The number of anilines is 2. The maximum atomic E-state index is 13.7. The third-order valence-corrected chi connectivity index (χ3v) is 3.35. The van der Waals surface area contributed by atoms with Gasteiger partial charge in [0, 0.05) is 18.8 Å². The molecule has 1 amide bonds. The Bertz CT molecular complexity index is 669. The van der Waals surface area contributed by atoms with Crippen molar-refractivity contribution in [2.75, 3.05) is 17.7 Å². The summed E-state index contributed by atoms with van der Waals surface area (Å²) in [6.07, 6.45) is 0.890. The number of aryl methyl sites for hydroxylation is 1. The molecule has 5 heteroatoms. The molecule has 0 radical (unpaired) electrons. The molecule has 0 aromatic heterocycles. The van der Waals surface area contributed by atoms with Gasteiger partial charge in [0.05, 0.1) is 11.3 Å². The van der Waals surface area contributed by atoms with Crippen molar-refractivity contribution in [2.24, 2.45) is 0 Å². The van der Waals surface area contributed by atoms with Crippen LogP contribution in [0.25, 0.3) is 0 Å². The second kappa shape index (κ2) is 5.91. The Morgan fingerprint density at radius 2 is 1.76 bits per heavy atom. The second-order valence-corrected chi connectivity index (χ2v) is 4.74. The average Bonchev–Trinajstić information content (AvgIpc) is 2.49. The standard InChI is InChI=1S/C16H16F2N2O/c1-3-10-4-6-11(7-5-10)20(2)16(21)12-8-15(19)14(18)9-13(12)17/h4-9H,3,19H2,1-2H3. The fraction of sp³-hybridized carbons (Fsp3) is 0.188. The van der Waals surface area contributed by atoms with Gasteiger partial charge in [-0.1, -0.05) is 19.1 Å². The third-order valence-electron chi connectivity index (χ3n) is 3.35. The Morgan fingerprint density at radius 3 is 2.33 bits per heavy atom. The number of hydrogen-bond acceptors (Lipinski definition) is 2. The Balaban J connectivity index is 2.32. The van der Waals surface area contributed by atoms with Crippen LogP contribution in [0.3, 0.4) is 0 Å². The zero-order chi connectivity index (χ0) is 15.6. The van der Waals surface area contributed by atoms with Crippen LogP contribution in [0, 0.1) is 11.6 Å². The molecule has 0 fully saturated rings. The van der Waals surface area contributed by atoms with Crippen molar-refractivity contribution in [3.63, 3.8) is 0 Å². The molecule has 0 bridgehead atoms. The summed E-state index contributed by atoms with van der Waals surface area (Å²) >= 11 is 0. The number of nitrogens with zero attached hydrogens (tertiary/aromatic N) is 1. The van der Waals surface area contributed by atoms with Crippen LogP contribution in [0.4, 0.5) is 20.2 Å². The minimum absolute atomic E-state index is 0.254. The van der Waals surface area contributed by atoms with Gasteiger partial charge in [-0.15, -0.1) is 0 Å². The first-order chi connectivity index (χ1) is 9.93. The molecule has 2 N–H and O–H groups in total. The topological polar surface area (TPSA) is 46.3 Å². The summed E-state index contributed by atoms with van der Waals surface area (Å²) in [5.41, 5.74) is 6.64. The molecule has 2 aromatic rings. The van der Waals surface area contributed by atoms with Gasteiger partial charge in [0.15, 0.2) is 0 Å². The van der Waals surface area contributed by atoms with Crippen LogP contribution in [-0.2, 0) is 6.42 Å². The highest BCUT2D eigenvalue weighted by Crippen LogP contribution is 2.21. The van der Waals surface area contributed by atoms with Crippen molar-refractivity contribution < 1.29 is 13.6 Å². The van der Waals surface area contributed by atoms with Gasteiger partial charge in [0.1, 0.15) is 11.6 Å². The predicted octanol–water partition coefficient (Wildman–Crippen LogP) is 3.39. The average molecular weight is 290 g/mol. The van der Waals surface area contributed by atoms with Crippen LogP contribution < -0.4 is 10.6 Å².